The van der Waals surface area contributed by atoms with E-state index < -0.39 is 30.2 Å². The molecule has 1 aromatic rings. The third kappa shape index (κ3) is 4.27. The molecule has 0 radical (unpaired) electrons. The molecule has 1 rings (SSSR count). The molecule has 2 amide bonds. The van der Waals surface area contributed by atoms with Crippen molar-refractivity contribution in [1.29, 1.82) is 0 Å². The van der Waals surface area contributed by atoms with Crippen LogP contribution in [-0.4, -0.2) is 35.2 Å². The molecule has 0 fully saturated rings. The van der Waals surface area contributed by atoms with Gasteiger partial charge in [0.1, 0.15) is 6.04 Å². The van der Waals surface area contributed by atoms with Crippen molar-refractivity contribution in [1.82, 2.24) is 5.32 Å². The summed E-state index contributed by atoms with van der Waals surface area (Å²) in [5.74, 6) is -2.62. The number of aryl methyl sites for hydroxylation is 1. The zero-order valence-electron chi connectivity index (χ0n) is 11.2. The number of aliphatic carboxylic acids is 1. The topological polar surface area (TPSA) is 109 Å². The maximum absolute atomic E-state index is 12.1. The lowest BCUT2D eigenvalue weighted by atomic mass is 10.1. The fourth-order valence-corrected chi connectivity index (χ4v) is 2.05. The Morgan fingerprint density at radius 1 is 1.40 bits per heavy atom. The number of carboxylic acids is 1. The molecule has 0 aliphatic heterocycles. The summed E-state index contributed by atoms with van der Waals surface area (Å²) < 4.78 is 0. The van der Waals surface area contributed by atoms with E-state index in [4.69, 9.17) is 10.8 Å². The van der Waals surface area contributed by atoms with Crippen LogP contribution in [0.2, 0.25) is 0 Å². The van der Waals surface area contributed by atoms with Crippen LogP contribution in [0.15, 0.2) is 23.1 Å². The Hall–Kier alpha value is -2.02. The molecule has 20 heavy (non-hydrogen) atoms. The minimum Gasteiger partial charge on any atom is -0.480 e. The molecule has 0 bridgehead atoms. The lowest BCUT2D eigenvalue weighted by Gasteiger charge is -2.14. The Bertz CT molecular complexity index is 545. The van der Waals surface area contributed by atoms with E-state index in [1.165, 1.54) is 11.8 Å². The first-order valence-corrected chi connectivity index (χ1v) is 7.04. The van der Waals surface area contributed by atoms with Gasteiger partial charge in [-0.1, -0.05) is 6.07 Å². The van der Waals surface area contributed by atoms with Crippen LogP contribution in [0.3, 0.4) is 0 Å². The van der Waals surface area contributed by atoms with Gasteiger partial charge in [0.2, 0.25) is 5.91 Å². The van der Waals surface area contributed by atoms with E-state index in [0.717, 1.165) is 10.5 Å². The van der Waals surface area contributed by atoms with Crippen molar-refractivity contribution in [2.45, 2.75) is 24.3 Å². The highest BCUT2D eigenvalue weighted by molar-refractivity contribution is 7.98. The molecule has 7 heteroatoms. The number of hydrogen-bond donors (Lipinski definition) is 3. The van der Waals surface area contributed by atoms with Gasteiger partial charge in [-0.15, -0.1) is 11.8 Å². The lowest BCUT2D eigenvalue weighted by molar-refractivity contribution is -0.140. The fourth-order valence-electron chi connectivity index (χ4n) is 1.61. The van der Waals surface area contributed by atoms with E-state index in [-0.39, 0.29) is 0 Å². The highest BCUT2D eigenvalue weighted by Gasteiger charge is 2.23. The van der Waals surface area contributed by atoms with Gasteiger partial charge in [-0.05, 0) is 30.9 Å². The molecule has 0 saturated carbocycles. The number of carbonyl (C=O) groups excluding carboxylic acids is 2. The van der Waals surface area contributed by atoms with E-state index in [2.05, 4.69) is 5.32 Å². The Kier molecular flexibility index (Phi) is 5.57. The molecule has 4 N–H and O–H groups in total. The van der Waals surface area contributed by atoms with Crippen LogP contribution in [0.4, 0.5) is 0 Å². The average molecular weight is 296 g/mol. The van der Waals surface area contributed by atoms with E-state index in [0.29, 0.717) is 5.56 Å². The Labute approximate surface area is 120 Å². The summed E-state index contributed by atoms with van der Waals surface area (Å²) in [5, 5.41) is 11.3. The maximum atomic E-state index is 12.1. The SMILES string of the molecule is CSc1ccc(C)c(C(=O)N[C@H](CC(N)=O)C(=O)O)c1. The van der Waals surface area contributed by atoms with Crippen molar-refractivity contribution >= 4 is 29.5 Å². The number of rotatable bonds is 6. The predicted octanol–water partition coefficient (Wildman–Crippen LogP) is 0.775. The van der Waals surface area contributed by atoms with Crippen molar-refractivity contribution in [3.8, 4) is 0 Å². The number of hydrogen-bond acceptors (Lipinski definition) is 4. The van der Waals surface area contributed by atoms with Gasteiger partial charge in [-0.2, -0.15) is 0 Å². The first kappa shape index (κ1) is 16.0. The first-order chi connectivity index (χ1) is 9.35. The fraction of sp³-hybridized carbons (Fsp3) is 0.308. The number of carboxylic acid groups (broad SMARTS) is 1. The van der Waals surface area contributed by atoms with E-state index >= 15 is 0 Å². The van der Waals surface area contributed by atoms with Crippen molar-refractivity contribution in [3.63, 3.8) is 0 Å². The van der Waals surface area contributed by atoms with Crippen molar-refractivity contribution in [2.24, 2.45) is 5.73 Å². The van der Waals surface area contributed by atoms with Crippen LogP contribution in [0.5, 0.6) is 0 Å². The van der Waals surface area contributed by atoms with Gasteiger partial charge in [0, 0.05) is 10.5 Å². The van der Waals surface area contributed by atoms with Gasteiger partial charge >= 0.3 is 5.97 Å². The first-order valence-electron chi connectivity index (χ1n) is 5.81. The zero-order valence-corrected chi connectivity index (χ0v) is 12.0. The van der Waals surface area contributed by atoms with Crippen LogP contribution in [0, 0.1) is 6.92 Å². The second kappa shape index (κ2) is 6.95. The average Bonchev–Trinajstić information content (AvgIpc) is 2.37. The van der Waals surface area contributed by atoms with Gasteiger partial charge in [0.05, 0.1) is 6.42 Å². The summed E-state index contributed by atoms with van der Waals surface area (Å²) in [6, 6.07) is 4.01. The largest absolute Gasteiger partial charge is 0.480 e. The normalized spacial score (nSPS) is 11.7. The molecule has 6 nitrogen and oxygen atoms in total. The van der Waals surface area contributed by atoms with Crippen LogP contribution in [0.25, 0.3) is 0 Å². The van der Waals surface area contributed by atoms with Gasteiger partial charge in [0.25, 0.3) is 5.91 Å². The minimum atomic E-state index is -1.32. The van der Waals surface area contributed by atoms with E-state index in [1.807, 2.05) is 12.3 Å². The van der Waals surface area contributed by atoms with Gasteiger partial charge in [0.15, 0.2) is 0 Å². The van der Waals surface area contributed by atoms with Crippen LogP contribution >= 0.6 is 11.8 Å². The van der Waals surface area contributed by atoms with Crippen LogP contribution in [0.1, 0.15) is 22.3 Å². The summed E-state index contributed by atoms with van der Waals surface area (Å²) in [7, 11) is 0. The summed E-state index contributed by atoms with van der Waals surface area (Å²) in [4.78, 5) is 34.8. The van der Waals surface area contributed by atoms with Gasteiger partial charge in [-0.25, -0.2) is 4.79 Å². The Morgan fingerprint density at radius 2 is 2.05 bits per heavy atom. The second-order valence-corrected chi connectivity index (χ2v) is 5.10. The number of nitrogens with two attached hydrogens (primary N) is 1. The maximum Gasteiger partial charge on any atom is 0.326 e. The number of benzene rings is 1. The number of nitrogens with one attached hydrogen (secondary N) is 1. The smallest absolute Gasteiger partial charge is 0.326 e. The lowest BCUT2D eigenvalue weighted by Crippen LogP contribution is -2.43. The van der Waals surface area contributed by atoms with Crippen LogP contribution < -0.4 is 11.1 Å². The standard InChI is InChI=1S/C13H16N2O4S/c1-7-3-4-8(20-2)5-9(7)12(17)15-10(13(18)19)6-11(14)16/h3-5,10H,6H2,1-2H3,(H2,14,16)(H,15,17)(H,18,19)/t10-/m1/s1. The third-order valence-electron chi connectivity index (χ3n) is 2.70. The van der Waals surface area contributed by atoms with Crippen molar-refractivity contribution in [3.05, 3.63) is 29.3 Å². The molecule has 0 aliphatic carbocycles. The molecule has 0 saturated heterocycles. The molecule has 0 aromatic heterocycles. The summed E-state index contributed by atoms with van der Waals surface area (Å²) in [6.45, 7) is 1.75. The molecule has 0 spiro atoms. The molecule has 108 valence electrons. The van der Waals surface area contributed by atoms with Crippen molar-refractivity contribution < 1.29 is 19.5 Å². The molecule has 0 aliphatic rings. The minimum absolute atomic E-state index is 0.382. The van der Waals surface area contributed by atoms with E-state index in [1.54, 1.807) is 19.1 Å². The molecule has 1 aromatic carbocycles. The quantitative estimate of drug-likeness (QED) is 0.672. The summed E-state index contributed by atoms with van der Waals surface area (Å²) in [6.07, 6.45) is 1.43. The van der Waals surface area contributed by atoms with Crippen molar-refractivity contribution in [2.75, 3.05) is 6.26 Å². The van der Waals surface area contributed by atoms with Gasteiger partial charge in [-0.3, -0.25) is 9.59 Å². The zero-order chi connectivity index (χ0) is 15.3. The second-order valence-electron chi connectivity index (χ2n) is 4.22. The molecular formula is C13H16N2O4S. The molecule has 0 heterocycles. The van der Waals surface area contributed by atoms with E-state index in [9.17, 15) is 14.4 Å². The monoisotopic (exact) mass is 296 g/mol. The number of amides is 2. The van der Waals surface area contributed by atoms with Crippen LogP contribution in [-0.2, 0) is 9.59 Å². The Balaban J connectivity index is 2.94. The highest BCUT2D eigenvalue weighted by atomic mass is 32.2. The van der Waals surface area contributed by atoms with Gasteiger partial charge < -0.3 is 16.2 Å². The molecule has 0 unspecified atom stereocenters. The number of carbonyl (C=O) groups is 3. The number of primary amides is 1. The Morgan fingerprint density at radius 3 is 2.55 bits per heavy atom. The summed E-state index contributed by atoms with van der Waals surface area (Å²) >= 11 is 1.47. The summed E-state index contributed by atoms with van der Waals surface area (Å²) in [5.41, 5.74) is 6.07. The molecular weight excluding hydrogens is 280 g/mol. The highest BCUT2D eigenvalue weighted by Crippen LogP contribution is 2.19. The number of thioether (sulfide) groups is 1. The predicted molar refractivity (Wildman–Crippen MR) is 75.7 cm³/mol. The molecule has 1 atom stereocenters. The third-order valence-corrected chi connectivity index (χ3v) is 3.42.